The Kier molecular flexibility index (Phi) is 3.03. The van der Waals surface area contributed by atoms with Crippen molar-refractivity contribution in [1.29, 1.82) is 0 Å². The maximum Gasteiger partial charge on any atom is 0.212 e. The summed E-state index contributed by atoms with van der Waals surface area (Å²) in [5, 5.41) is 0. The van der Waals surface area contributed by atoms with Crippen LogP contribution in [-0.4, -0.2) is 4.98 Å². The second kappa shape index (κ2) is 4.34. The molecule has 0 aliphatic carbocycles. The molecule has 0 spiro atoms. The zero-order valence-electron chi connectivity index (χ0n) is 10.5. The summed E-state index contributed by atoms with van der Waals surface area (Å²) in [5.74, 6) is 1.36. The predicted molar refractivity (Wildman–Crippen MR) is 68.3 cm³/mol. The number of hydrogen-bond donors (Lipinski definition) is 1. The van der Waals surface area contributed by atoms with Gasteiger partial charge in [-0.1, -0.05) is 51.1 Å². The minimum Gasteiger partial charge on any atom is -0.439 e. The summed E-state index contributed by atoms with van der Waals surface area (Å²) in [4.78, 5) is 4.27. The van der Waals surface area contributed by atoms with Crippen LogP contribution in [0.5, 0.6) is 0 Å². The lowest BCUT2D eigenvalue weighted by Gasteiger charge is -2.23. The zero-order valence-corrected chi connectivity index (χ0v) is 10.5. The molecule has 0 saturated heterocycles. The second-order valence-corrected chi connectivity index (χ2v) is 5.27. The van der Waals surface area contributed by atoms with E-state index in [0.717, 1.165) is 11.3 Å². The van der Waals surface area contributed by atoms with Gasteiger partial charge in [-0.25, -0.2) is 4.98 Å². The molecule has 2 aromatic rings. The van der Waals surface area contributed by atoms with E-state index in [-0.39, 0.29) is 11.5 Å². The maximum absolute atomic E-state index is 6.11. The molecule has 1 atom stereocenters. The minimum atomic E-state index is -0.194. The fourth-order valence-corrected chi connectivity index (χ4v) is 1.54. The van der Waals surface area contributed by atoms with Gasteiger partial charge >= 0.3 is 0 Å². The van der Waals surface area contributed by atoms with Crippen LogP contribution >= 0.6 is 0 Å². The third-order valence-corrected chi connectivity index (χ3v) is 2.78. The van der Waals surface area contributed by atoms with Crippen molar-refractivity contribution < 1.29 is 4.42 Å². The van der Waals surface area contributed by atoms with Gasteiger partial charge in [0, 0.05) is 5.56 Å². The van der Waals surface area contributed by atoms with Crippen LogP contribution < -0.4 is 5.73 Å². The molecule has 0 bridgehead atoms. The average Bonchev–Trinajstić information content (AvgIpc) is 2.77. The minimum absolute atomic E-state index is 0.0567. The Labute approximate surface area is 102 Å². The largest absolute Gasteiger partial charge is 0.439 e. The van der Waals surface area contributed by atoms with Gasteiger partial charge in [-0.15, -0.1) is 0 Å². The standard InChI is InChI=1S/C14H18N2O/c1-14(2,3)12(15)13-16-9-11(17-13)10-7-5-4-6-8-10/h4-9,12H,15H2,1-3H3. The van der Waals surface area contributed by atoms with Crippen LogP contribution in [0.1, 0.15) is 32.7 Å². The van der Waals surface area contributed by atoms with Gasteiger partial charge < -0.3 is 10.2 Å². The Hall–Kier alpha value is -1.61. The van der Waals surface area contributed by atoms with E-state index in [1.807, 2.05) is 30.3 Å². The van der Waals surface area contributed by atoms with Gasteiger partial charge in [-0.05, 0) is 5.41 Å². The molecule has 90 valence electrons. The highest BCUT2D eigenvalue weighted by atomic mass is 16.4. The van der Waals surface area contributed by atoms with Gasteiger partial charge in [-0.3, -0.25) is 0 Å². The van der Waals surface area contributed by atoms with Crippen molar-refractivity contribution in [3.05, 3.63) is 42.4 Å². The van der Waals surface area contributed by atoms with Crippen molar-refractivity contribution in [2.24, 2.45) is 11.1 Å². The molecule has 2 N–H and O–H groups in total. The number of rotatable bonds is 2. The van der Waals surface area contributed by atoms with Crippen LogP contribution in [0.2, 0.25) is 0 Å². The molecule has 1 aromatic carbocycles. The lowest BCUT2D eigenvalue weighted by atomic mass is 9.87. The van der Waals surface area contributed by atoms with Crippen LogP contribution in [0.4, 0.5) is 0 Å². The maximum atomic E-state index is 6.11. The lowest BCUT2D eigenvalue weighted by Crippen LogP contribution is -2.26. The third-order valence-electron chi connectivity index (χ3n) is 2.78. The van der Waals surface area contributed by atoms with Crippen molar-refractivity contribution in [3.63, 3.8) is 0 Å². The highest BCUT2D eigenvalue weighted by molar-refractivity contribution is 5.55. The summed E-state index contributed by atoms with van der Waals surface area (Å²) in [6.07, 6.45) is 1.73. The predicted octanol–water partition coefficient (Wildman–Crippen LogP) is 3.39. The first kappa shape index (κ1) is 11.9. The number of oxazole rings is 1. The van der Waals surface area contributed by atoms with E-state index in [2.05, 4.69) is 25.8 Å². The third kappa shape index (κ3) is 2.56. The molecule has 3 nitrogen and oxygen atoms in total. The van der Waals surface area contributed by atoms with E-state index in [4.69, 9.17) is 10.2 Å². The Morgan fingerprint density at radius 3 is 2.41 bits per heavy atom. The van der Waals surface area contributed by atoms with E-state index >= 15 is 0 Å². The highest BCUT2D eigenvalue weighted by Crippen LogP contribution is 2.31. The van der Waals surface area contributed by atoms with Gasteiger partial charge in [0.25, 0.3) is 0 Å². The molecule has 2 rings (SSSR count). The van der Waals surface area contributed by atoms with E-state index in [0.29, 0.717) is 5.89 Å². The molecule has 1 heterocycles. The van der Waals surface area contributed by atoms with E-state index in [1.54, 1.807) is 6.20 Å². The normalized spacial score (nSPS) is 13.6. The van der Waals surface area contributed by atoms with Gasteiger partial charge in [0.1, 0.15) is 0 Å². The highest BCUT2D eigenvalue weighted by Gasteiger charge is 2.26. The summed E-state index contributed by atoms with van der Waals surface area (Å²) in [5.41, 5.74) is 7.07. The molecule has 1 aromatic heterocycles. The molecule has 0 amide bonds. The first-order valence-electron chi connectivity index (χ1n) is 5.75. The number of benzene rings is 1. The van der Waals surface area contributed by atoms with E-state index in [9.17, 15) is 0 Å². The number of nitrogens with two attached hydrogens (primary N) is 1. The van der Waals surface area contributed by atoms with Crippen LogP contribution in [-0.2, 0) is 0 Å². The molecule has 3 heteroatoms. The Bertz CT molecular complexity index is 482. The number of nitrogens with zero attached hydrogens (tertiary/aromatic N) is 1. The van der Waals surface area contributed by atoms with Crippen LogP contribution in [0.3, 0.4) is 0 Å². The fraction of sp³-hybridized carbons (Fsp3) is 0.357. The van der Waals surface area contributed by atoms with E-state index in [1.165, 1.54) is 0 Å². The molecule has 0 aliphatic heterocycles. The van der Waals surface area contributed by atoms with Crippen LogP contribution in [0.15, 0.2) is 40.9 Å². The molecule has 0 aliphatic rings. The summed E-state index contributed by atoms with van der Waals surface area (Å²) in [6.45, 7) is 6.22. The van der Waals surface area contributed by atoms with Gasteiger partial charge in [0.05, 0.1) is 12.2 Å². The van der Waals surface area contributed by atoms with Gasteiger partial charge in [0.2, 0.25) is 5.89 Å². The van der Waals surface area contributed by atoms with Gasteiger partial charge in [-0.2, -0.15) is 0 Å². The van der Waals surface area contributed by atoms with Crippen molar-refractivity contribution in [2.75, 3.05) is 0 Å². The molecule has 0 saturated carbocycles. The molecule has 1 unspecified atom stereocenters. The quantitative estimate of drug-likeness (QED) is 0.860. The van der Waals surface area contributed by atoms with Crippen molar-refractivity contribution in [1.82, 2.24) is 4.98 Å². The average molecular weight is 230 g/mol. The van der Waals surface area contributed by atoms with Crippen LogP contribution in [0.25, 0.3) is 11.3 Å². The first-order chi connectivity index (χ1) is 7.98. The summed E-state index contributed by atoms with van der Waals surface area (Å²) >= 11 is 0. The second-order valence-electron chi connectivity index (χ2n) is 5.27. The van der Waals surface area contributed by atoms with Crippen molar-refractivity contribution in [2.45, 2.75) is 26.8 Å². The van der Waals surface area contributed by atoms with Gasteiger partial charge in [0.15, 0.2) is 5.76 Å². The molecule has 0 radical (unpaired) electrons. The van der Waals surface area contributed by atoms with E-state index < -0.39 is 0 Å². The number of aromatic nitrogens is 1. The summed E-state index contributed by atoms with van der Waals surface area (Å²) in [7, 11) is 0. The Balaban J connectivity index is 2.28. The summed E-state index contributed by atoms with van der Waals surface area (Å²) < 4.78 is 5.72. The van der Waals surface area contributed by atoms with Crippen molar-refractivity contribution in [3.8, 4) is 11.3 Å². The smallest absolute Gasteiger partial charge is 0.212 e. The lowest BCUT2D eigenvalue weighted by molar-refractivity contribution is 0.279. The number of hydrogen-bond acceptors (Lipinski definition) is 3. The molecular formula is C14H18N2O. The first-order valence-corrected chi connectivity index (χ1v) is 5.75. The molecule has 17 heavy (non-hydrogen) atoms. The van der Waals surface area contributed by atoms with Crippen LogP contribution in [0, 0.1) is 5.41 Å². The Morgan fingerprint density at radius 2 is 1.82 bits per heavy atom. The molecular weight excluding hydrogens is 212 g/mol. The summed E-state index contributed by atoms with van der Waals surface area (Å²) in [6, 6.07) is 9.71. The van der Waals surface area contributed by atoms with Crippen molar-refractivity contribution >= 4 is 0 Å². The monoisotopic (exact) mass is 230 g/mol. The zero-order chi connectivity index (χ0) is 12.5. The fourth-order valence-electron chi connectivity index (χ4n) is 1.54. The SMILES string of the molecule is CC(C)(C)C(N)c1ncc(-c2ccccc2)o1. The Morgan fingerprint density at radius 1 is 1.18 bits per heavy atom. The topological polar surface area (TPSA) is 52.0 Å². The molecule has 0 fully saturated rings.